The van der Waals surface area contributed by atoms with Crippen LogP contribution < -0.4 is 15.2 Å². The van der Waals surface area contributed by atoms with Crippen LogP contribution in [-0.2, 0) is 6.54 Å². The molecule has 3 aromatic rings. The van der Waals surface area contributed by atoms with Crippen molar-refractivity contribution in [1.82, 2.24) is 0 Å². The molecule has 1 aromatic heterocycles. The van der Waals surface area contributed by atoms with E-state index in [0.29, 0.717) is 22.1 Å². The molecule has 2 aromatic carbocycles. The fourth-order valence-corrected chi connectivity index (χ4v) is 2.86. The highest BCUT2D eigenvalue weighted by Gasteiger charge is 2.17. The Morgan fingerprint density at radius 3 is 2.44 bits per heavy atom. The highest BCUT2D eigenvalue weighted by Crippen LogP contribution is 2.19. The van der Waals surface area contributed by atoms with Gasteiger partial charge in [0.15, 0.2) is 6.54 Å². The molecule has 2 amide bonds. The lowest BCUT2D eigenvalue weighted by Crippen LogP contribution is -2.42. The number of aromatic nitrogens is 1. The monoisotopic (exact) mass is 380 g/mol. The Labute approximate surface area is 162 Å². The number of Topliss-reactive ketones (excluding diaryl/α,β-unsaturated/α-hetero) is 1. The molecule has 0 atom stereocenters. The van der Waals surface area contributed by atoms with Crippen LogP contribution in [0.4, 0.5) is 16.3 Å². The fourth-order valence-electron chi connectivity index (χ4n) is 2.63. The molecule has 0 aliphatic carbocycles. The molecule has 0 saturated carbocycles. The summed E-state index contributed by atoms with van der Waals surface area (Å²) in [6, 6.07) is 19.2. The van der Waals surface area contributed by atoms with Crippen LogP contribution in [0.1, 0.15) is 15.9 Å². The van der Waals surface area contributed by atoms with E-state index < -0.39 is 6.03 Å². The first-order chi connectivity index (χ1) is 13.0. The quantitative estimate of drug-likeness (QED) is 0.507. The Morgan fingerprint density at radius 2 is 1.70 bits per heavy atom. The Balaban J connectivity index is 1.72. The molecule has 0 unspecified atom stereocenters. The minimum Gasteiger partial charge on any atom is -0.290 e. The molecule has 3 rings (SSSR count). The van der Waals surface area contributed by atoms with Crippen LogP contribution in [-0.4, -0.2) is 11.8 Å². The lowest BCUT2D eigenvalue weighted by Gasteiger charge is -2.09. The minimum atomic E-state index is -0.396. The zero-order valence-corrected chi connectivity index (χ0v) is 15.5. The van der Waals surface area contributed by atoms with Gasteiger partial charge in [0.25, 0.3) is 5.82 Å². The number of hydrogen-bond donors (Lipinski definition) is 2. The van der Waals surface area contributed by atoms with E-state index in [1.165, 1.54) is 0 Å². The first-order valence-electron chi connectivity index (χ1n) is 8.44. The topological polar surface area (TPSA) is 62.1 Å². The summed E-state index contributed by atoms with van der Waals surface area (Å²) in [5.74, 6) is 0.481. The van der Waals surface area contributed by atoms with Crippen molar-refractivity contribution in [3.8, 4) is 0 Å². The van der Waals surface area contributed by atoms with Gasteiger partial charge < -0.3 is 0 Å². The van der Waals surface area contributed by atoms with Gasteiger partial charge in [0.05, 0.1) is 6.20 Å². The van der Waals surface area contributed by atoms with Gasteiger partial charge in [0, 0.05) is 22.3 Å². The van der Waals surface area contributed by atoms with E-state index in [1.807, 2.05) is 31.2 Å². The van der Waals surface area contributed by atoms with Crippen molar-refractivity contribution in [3.63, 3.8) is 0 Å². The van der Waals surface area contributed by atoms with Gasteiger partial charge in [-0.15, -0.1) is 0 Å². The number of carbonyl (C=O) groups excluding carboxylic acids is 2. The molecule has 0 aliphatic heterocycles. The maximum Gasteiger partial charge on any atom is 0.411 e. The summed E-state index contributed by atoms with van der Waals surface area (Å²) >= 11 is 5.94. The van der Waals surface area contributed by atoms with E-state index in [1.54, 1.807) is 53.2 Å². The second-order valence-corrected chi connectivity index (χ2v) is 6.48. The van der Waals surface area contributed by atoms with Crippen LogP contribution in [0.2, 0.25) is 5.02 Å². The molecule has 0 fully saturated rings. The second kappa shape index (κ2) is 8.47. The number of pyridine rings is 1. The van der Waals surface area contributed by atoms with E-state index in [9.17, 15) is 9.59 Å². The Kier molecular flexibility index (Phi) is 5.84. The summed E-state index contributed by atoms with van der Waals surface area (Å²) in [6.07, 6.45) is 1.75. The fraction of sp³-hybridized carbons (Fsp3) is 0.0952. The third-order valence-corrected chi connectivity index (χ3v) is 4.26. The highest BCUT2D eigenvalue weighted by atomic mass is 35.5. The van der Waals surface area contributed by atoms with Gasteiger partial charge in [0.1, 0.15) is 0 Å². The van der Waals surface area contributed by atoms with Crippen LogP contribution in [0.15, 0.2) is 72.9 Å². The van der Waals surface area contributed by atoms with E-state index in [-0.39, 0.29) is 12.3 Å². The van der Waals surface area contributed by atoms with Crippen molar-refractivity contribution in [1.29, 1.82) is 0 Å². The van der Waals surface area contributed by atoms with E-state index in [0.717, 1.165) is 5.56 Å². The number of amides is 2. The zero-order chi connectivity index (χ0) is 19.2. The SMILES string of the molecule is Cc1cc(Cl)ccc1NC(=O)Nc1cccc[n+]1CC(=O)c1ccccc1. The van der Waals surface area contributed by atoms with Crippen LogP contribution in [0.25, 0.3) is 0 Å². The molecule has 1 heterocycles. The number of anilines is 2. The summed E-state index contributed by atoms with van der Waals surface area (Å²) in [6.45, 7) is 1.99. The minimum absolute atomic E-state index is 0.0381. The summed E-state index contributed by atoms with van der Waals surface area (Å²) < 4.78 is 1.70. The van der Waals surface area contributed by atoms with Gasteiger partial charge in [-0.1, -0.05) is 48.0 Å². The van der Waals surface area contributed by atoms with Gasteiger partial charge in [0.2, 0.25) is 5.78 Å². The molecule has 2 N–H and O–H groups in total. The molecule has 0 radical (unpaired) electrons. The van der Waals surface area contributed by atoms with Crippen molar-refractivity contribution in [2.75, 3.05) is 10.6 Å². The number of ketones is 1. The van der Waals surface area contributed by atoms with Gasteiger partial charge in [-0.05, 0) is 36.8 Å². The molecule has 5 nitrogen and oxygen atoms in total. The molecule has 27 heavy (non-hydrogen) atoms. The average Bonchev–Trinajstić information content (AvgIpc) is 2.66. The number of nitrogens with one attached hydrogen (secondary N) is 2. The Hall–Kier alpha value is -3.18. The van der Waals surface area contributed by atoms with Gasteiger partial charge in [-0.2, -0.15) is 5.32 Å². The number of rotatable bonds is 5. The van der Waals surface area contributed by atoms with Crippen molar-refractivity contribution in [2.45, 2.75) is 13.5 Å². The van der Waals surface area contributed by atoms with Gasteiger partial charge >= 0.3 is 6.03 Å². The van der Waals surface area contributed by atoms with Crippen LogP contribution >= 0.6 is 11.6 Å². The molecule has 136 valence electrons. The molecule has 0 saturated heterocycles. The average molecular weight is 381 g/mol. The van der Waals surface area contributed by atoms with Crippen molar-refractivity contribution in [2.24, 2.45) is 0 Å². The molecule has 0 bridgehead atoms. The summed E-state index contributed by atoms with van der Waals surface area (Å²) in [5, 5.41) is 6.19. The third kappa shape index (κ3) is 4.92. The predicted molar refractivity (Wildman–Crippen MR) is 106 cm³/mol. The normalized spacial score (nSPS) is 10.3. The lowest BCUT2D eigenvalue weighted by molar-refractivity contribution is -0.668. The molecular formula is C21H19ClN3O2+. The van der Waals surface area contributed by atoms with E-state index in [2.05, 4.69) is 10.6 Å². The van der Waals surface area contributed by atoms with Gasteiger partial charge in [-0.3, -0.25) is 10.1 Å². The van der Waals surface area contributed by atoms with Crippen molar-refractivity contribution < 1.29 is 14.2 Å². The largest absolute Gasteiger partial charge is 0.411 e. The standard InChI is InChI=1S/C21H18ClN3O2/c1-15-13-17(22)10-11-18(15)23-21(27)24-20-9-5-6-12-25(20)14-19(26)16-7-3-2-4-8-16/h2-13H,14H2,1H3,(H,23,27)/p+1. The number of halogens is 1. The summed E-state index contributed by atoms with van der Waals surface area (Å²) in [5.41, 5.74) is 2.15. The van der Waals surface area contributed by atoms with Crippen LogP contribution in [0.3, 0.4) is 0 Å². The van der Waals surface area contributed by atoms with Crippen LogP contribution in [0, 0.1) is 6.92 Å². The zero-order valence-electron chi connectivity index (χ0n) is 14.8. The smallest absolute Gasteiger partial charge is 0.290 e. The first kappa shape index (κ1) is 18.6. The number of carbonyl (C=O) groups is 2. The highest BCUT2D eigenvalue weighted by molar-refractivity contribution is 6.30. The first-order valence-corrected chi connectivity index (χ1v) is 8.81. The number of benzene rings is 2. The maximum atomic E-state index is 12.5. The number of hydrogen-bond acceptors (Lipinski definition) is 2. The molecule has 6 heteroatoms. The second-order valence-electron chi connectivity index (χ2n) is 6.04. The molecule has 0 spiro atoms. The van der Waals surface area contributed by atoms with E-state index in [4.69, 9.17) is 11.6 Å². The summed E-state index contributed by atoms with van der Waals surface area (Å²) in [7, 11) is 0. The molecule has 0 aliphatic rings. The maximum absolute atomic E-state index is 12.5. The van der Waals surface area contributed by atoms with E-state index >= 15 is 0 Å². The number of nitrogens with zero attached hydrogens (tertiary/aromatic N) is 1. The lowest BCUT2D eigenvalue weighted by atomic mass is 10.1. The number of aryl methyl sites for hydroxylation is 1. The molecular weight excluding hydrogens is 362 g/mol. The summed E-state index contributed by atoms with van der Waals surface area (Å²) in [4.78, 5) is 24.8. The van der Waals surface area contributed by atoms with Crippen molar-refractivity contribution in [3.05, 3.63) is 89.1 Å². The number of urea groups is 1. The van der Waals surface area contributed by atoms with Gasteiger partial charge in [-0.25, -0.2) is 9.36 Å². The Morgan fingerprint density at radius 1 is 0.963 bits per heavy atom. The van der Waals surface area contributed by atoms with Crippen LogP contribution in [0.5, 0.6) is 0 Å². The predicted octanol–water partition coefficient (Wildman–Crippen LogP) is 4.46. The third-order valence-electron chi connectivity index (χ3n) is 4.03. The van der Waals surface area contributed by atoms with Crippen molar-refractivity contribution >= 4 is 34.9 Å². The Bertz CT molecular complexity index is 974.